The Kier molecular flexibility index (Phi) is 3.80. The predicted molar refractivity (Wildman–Crippen MR) is 65.4 cm³/mol. The Balaban J connectivity index is 2.96. The van der Waals surface area contributed by atoms with E-state index in [1.165, 1.54) is 0 Å². The molecule has 90 valence electrons. The third-order valence-electron chi connectivity index (χ3n) is 2.28. The summed E-state index contributed by atoms with van der Waals surface area (Å²) in [5, 5.41) is -0.449. The van der Waals surface area contributed by atoms with Gasteiger partial charge in [0, 0.05) is 5.69 Å². The van der Waals surface area contributed by atoms with Crippen molar-refractivity contribution in [3.63, 3.8) is 0 Å². The highest BCUT2D eigenvalue weighted by atomic mass is 32.2. The highest BCUT2D eigenvalue weighted by Gasteiger charge is 2.15. The van der Waals surface area contributed by atoms with Gasteiger partial charge in [-0.2, -0.15) is 0 Å². The van der Waals surface area contributed by atoms with Crippen LogP contribution in [-0.4, -0.2) is 20.8 Å². The Labute approximate surface area is 96.7 Å². The van der Waals surface area contributed by atoms with Crippen molar-refractivity contribution < 1.29 is 13.2 Å². The molecule has 0 saturated heterocycles. The summed E-state index contributed by atoms with van der Waals surface area (Å²) in [6.45, 7) is 5.14. The molecule has 1 N–H and O–H groups in total. The Morgan fingerprint density at radius 2 is 1.94 bits per heavy atom. The SMILES string of the molecule is COc1ccc(NS(=O)(=O)C(C)C)cc1C. The van der Waals surface area contributed by atoms with Gasteiger partial charge in [-0.05, 0) is 44.5 Å². The number of sulfonamides is 1. The third kappa shape index (κ3) is 2.88. The maximum atomic E-state index is 11.6. The Morgan fingerprint density at radius 3 is 2.38 bits per heavy atom. The van der Waals surface area contributed by atoms with Gasteiger partial charge in [0.2, 0.25) is 10.0 Å². The molecule has 0 aliphatic rings. The van der Waals surface area contributed by atoms with Gasteiger partial charge >= 0.3 is 0 Å². The minimum atomic E-state index is -3.28. The molecular weight excluding hydrogens is 226 g/mol. The Morgan fingerprint density at radius 1 is 1.31 bits per heavy atom. The molecule has 0 atom stereocenters. The summed E-state index contributed by atoms with van der Waals surface area (Å²) in [5.74, 6) is 0.743. The van der Waals surface area contributed by atoms with E-state index in [0.717, 1.165) is 11.3 Å². The lowest BCUT2D eigenvalue weighted by Crippen LogP contribution is -2.22. The summed E-state index contributed by atoms with van der Waals surface area (Å²) in [7, 11) is -1.69. The molecule has 1 aromatic carbocycles. The summed E-state index contributed by atoms with van der Waals surface area (Å²) >= 11 is 0. The molecule has 0 unspecified atom stereocenters. The van der Waals surface area contributed by atoms with Crippen molar-refractivity contribution in [2.45, 2.75) is 26.0 Å². The molecule has 0 heterocycles. The number of hydrogen-bond donors (Lipinski definition) is 1. The molecule has 1 aromatic rings. The zero-order valence-electron chi connectivity index (χ0n) is 9.94. The molecule has 4 nitrogen and oxygen atoms in total. The molecule has 0 amide bonds. The number of rotatable bonds is 4. The maximum absolute atomic E-state index is 11.6. The first kappa shape index (κ1) is 12.8. The summed E-state index contributed by atoms with van der Waals surface area (Å²) in [6, 6.07) is 5.18. The highest BCUT2D eigenvalue weighted by Crippen LogP contribution is 2.22. The lowest BCUT2D eigenvalue weighted by atomic mass is 10.2. The second-order valence-electron chi connectivity index (χ2n) is 3.88. The first-order valence-corrected chi connectivity index (χ1v) is 6.57. The zero-order chi connectivity index (χ0) is 12.3. The lowest BCUT2D eigenvalue weighted by molar-refractivity contribution is 0.412. The third-order valence-corrected chi connectivity index (χ3v) is 4.04. The van der Waals surface area contributed by atoms with Crippen LogP contribution in [-0.2, 0) is 10.0 Å². The number of nitrogens with one attached hydrogen (secondary N) is 1. The molecule has 0 bridgehead atoms. The van der Waals surface area contributed by atoms with E-state index in [2.05, 4.69) is 4.72 Å². The van der Waals surface area contributed by atoms with Crippen LogP contribution in [0.5, 0.6) is 5.75 Å². The molecule has 0 aliphatic heterocycles. The van der Waals surface area contributed by atoms with Crippen molar-refractivity contribution in [3.05, 3.63) is 23.8 Å². The van der Waals surface area contributed by atoms with Gasteiger partial charge in [0.15, 0.2) is 0 Å². The molecule has 0 fully saturated rings. The van der Waals surface area contributed by atoms with Crippen molar-refractivity contribution in [1.82, 2.24) is 0 Å². The average Bonchev–Trinajstić information content (AvgIpc) is 2.17. The topological polar surface area (TPSA) is 55.4 Å². The van der Waals surface area contributed by atoms with E-state index in [-0.39, 0.29) is 0 Å². The smallest absolute Gasteiger partial charge is 0.235 e. The summed E-state index contributed by atoms with van der Waals surface area (Å²) in [5.41, 5.74) is 1.46. The van der Waals surface area contributed by atoms with E-state index in [1.807, 2.05) is 6.92 Å². The standard InChI is InChI=1S/C11H17NO3S/c1-8(2)16(13,14)12-10-5-6-11(15-4)9(3)7-10/h5-8,12H,1-4H3. The number of ether oxygens (including phenoxy) is 1. The van der Waals surface area contributed by atoms with Gasteiger partial charge in [-0.1, -0.05) is 0 Å². The molecule has 16 heavy (non-hydrogen) atoms. The van der Waals surface area contributed by atoms with Gasteiger partial charge in [0.25, 0.3) is 0 Å². The molecule has 0 spiro atoms. The minimum absolute atomic E-state index is 0.449. The van der Waals surface area contributed by atoms with Gasteiger partial charge in [-0.3, -0.25) is 4.72 Å². The average molecular weight is 243 g/mol. The van der Waals surface area contributed by atoms with Crippen LogP contribution in [0.2, 0.25) is 0 Å². The van der Waals surface area contributed by atoms with Crippen LogP contribution in [0.15, 0.2) is 18.2 Å². The number of hydrogen-bond acceptors (Lipinski definition) is 3. The first-order valence-electron chi connectivity index (χ1n) is 5.03. The van der Waals surface area contributed by atoms with Gasteiger partial charge in [-0.25, -0.2) is 8.42 Å². The number of aryl methyl sites for hydroxylation is 1. The second kappa shape index (κ2) is 4.74. The van der Waals surface area contributed by atoms with E-state index in [9.17, 15) is 8.42 Å². The molecule has 0 radical (unpaired) electrons. The van der Waals surface area contributed by atoms with E-state index >= 15 is 0 Å². The van der Waals surface area contributed by atoms with Crippen molar-refractivity contribution >= 4 is 15.7 Å². The van der Waals surface area contributed by atoms with Crippen molar-refractivity contribution in [2.24, 2.45) is 0 Å². The number of anilines is 1. The van der Waals surface area contributed by atoms with Crippen molar-refractivity contribution in [2.75, 3.05) is 11.8 Å². The van der Waals surface area contributed by atoms with E-state index < -0.39 is 15.3 Å². The summed E-state index contributed by atoms with van der Waals surface area (Å²) in [4.78, 5) is 0. The minimum Gasteiger partial charge on any atom is -0.496 e. The fraction of sp³-hybridized carbons (Fsp3) is 0.455. The van der Waals surface area contributed by atoms with Crippen molar-refractivity contribution in [3.8, 4) is 5.75 Å². The number of methoxy groups -OCH3 is 1. The van der Waals surface area contributed by atoms with Crippen LogP contribution in [0.3, 0.4) is 0 Å². The molecule has 0 saturated carbocycles. The van der Waals surface area contributed by atoms with Crippen molar-refractivity contribution in [1.29, 1.82) is 0 Å². The zero-order valence-corrected chi connectivity index (χ0v) is 10.8. The van der Waals surface area contributed by atoms with Gasteiger partial charge in [0.1, 0.15) is 5.75 Å². The van der Waals surface area contributed by atoms with Crippen LogP contribution in [0, 0.1) is 6.92 Å². The monoisotopic (exact) mass is 243 g/mol. The first-order chi connectivity index (χ1) is 7.36. The highest BCUT2D eigenvalue weighted by molar-refractivity contribution is 7.93. The van der Waals surface area contributed by atoms with Gasteiger partial charge < -0.3 is 4.74 Å². The molecule has 0 aliphatic carbocycles. The summed E-state index contributed by atoms with van der Waals surface area (Å²) in [6.07, 6.45) is 0. The molecule has 1 rings (SSSR count). The maximum Gasteiger partial charge on any atom is 0.235 e. The van der Waals surface area contributed by atoms with Crippen LogP contribution < -0.4 is 9.46 Å². The van der Waals surface area contributed by atoms with E-state index in [0.29, 0.717) is 5.69 Å². The van der Waals surface area contributed by atoms with Crippen LogP contribution >= 0.6 is 0 Å². The fourth-order valence-corrected chi connectivity index (χ4v) is 1.92. The number of benzene rings is 1. The normalized spacial score (nSPS) is 11.6. The van der Waals surface area contributed by atoms with E-state index in [4.69, 9.17) is 4.74 Å². The lowest BCUT2D eigenvalue weighted by Gasteiger charge is -2.12. The van der Waals surface area contributed by atoms with Crippen LogP contribution in [0.4, 0.5) is 5.69 Å². The Hall–Kier alpha value is -1.23. The fourth-order valence-electron chi connectivity index (χ4n) is 1.22. The van der Waals surface area contributed by atoms with Crippen LogP contribution in [0.25, 0.3) is 0 Å². The van der Waals surface area contributed by atoms with Crippen LogP contribution in [0.1, 0.15) is 19.4 Å². The largest absolute Gasteiger partial charge is 0.496 e. The quantitative estimate of drug-likeness (QED) is 0.881. The molecule has 5 heteroatoms. The second-order valence-corrected chi connectivity index (χ2v) is 6.12. The summed E-state index contributed by atoms with van der Waals surface area (Å²) < 4.78 is 30.9. The molecular formula is C11H17NO3S. The molecule has 0 aromatic heterocycles. The van der Waals surface area contributed by atoms with E-state index in [1.54, 1.807) is 39.2 Å². The van der Waals surface area contributed by atoms with Gasteiger partial charge in [-0.15, -0.1) is 0 Å². The predicted octanol–water partition coefficient (Wildman–Crippen LogP) is 2.15. The Bertz CT molecular complexity index is 466. The van der Waals surface area contributed by atoms with Gasteiger partial charge in [0.05, 0.1) is 12.4 Å².